The van der Waals surface area contributed by atoms with Crippen molar-refractivity contribution in [1.29, 1.82) is 0 Å². The molecule has 0 saturated carbocycles. The summed E-state index contributed by atoms with van der Waals surface area (Å²) in [6, 6.07) is 3.55. The lowest BCUT2D eigenvalue weighted by Crippen LogP contribution is -2.46. The van der Waals surface area contributed by atoms with Gasteiger partial charge in [0.25, 0.3) is 5.91 Å². The molecule has 0 unspecified atom stereocenters. The maximum absolute atomic E-state index is 13.5. The third kappa shape index (κ3) is 2.91. The van der Waals surface area contributed by atoms with E-state index in [1.165, 1.54) is 10.7 Å². The van der Waals surface area contributed by atoms with Crippen molar-refractivity contribution in [3.63, 3.8) is 0 Å². The summed E-state index contributed by atoms with van der Waals surface area (Å²) in [6.45, 7) is 3.21. The first-order valence-corrected chi connectivity index (χ1v) is 7.82. The highest BCUT2D eigenvalue weighted by Gasteiger charge is 2.29. The monoisotopic (exact) mass is 335 g/mol. The number of aliphatic hydroxyl groups excluding tert-OH is 1. The van der Waals surface area contributed by atoms with E-state index in [0.29, 0.717) is 12.1 Å². The lowest BCUT2D eigenvalue weighted by molar-refractivity contribution is 0.0863. The minimum atomic E-state index is -0.956. The second-order valence-corrected chi connectivity index (χ2v) is 6.63. The topological polar surface area (TPSA) is 67.2 Å². The minimum absolute atomic E-state index is 0.204. The van der Waals surface area contributed by atoms with Crippen molar-refractivity contribution >= 4 is 5.91 Å². The molecule has 7 heteroatoms. The van der Waals surface area contributed by atoms with Crippen molar-refractivity contribution in [2.24, 2.45) is 0 Å². The molecule has 0 fully saturated rings. The molecule has 1 aromatic carbocycles. The summed E-state index contributed by atoms with van der Waals surface area (Å²) in [4.78, 5) is 12.5. The molecular weight excluding hydrogens is 316 g/mol. The van der Waals surface area contributed by atoms with Gasteiger partial charge in [-0.1, -0.05) is 0 Å². The van der Waals surface area contributed by atoms with Crippen LogP contribution < -0.4 is 5.32 Å². The van der Waals surface area contributed by atoms with Gasteiger partial charge < -0.3 is 10.4 Å². The van der Waals surface area contributed by atoms with Crippen molar-refractivity contribution < 1.29 is 18.7 Å². The Morgan fingerprint density at radius 3 is 2.75 bits per heavy atom. The molecule has 0 radical (unpaired) electrons. The van der Waals surface area contributed by atoms with Crippen molar-refractivity contribution in [3.05, 3.63) is 46.8 Å². The Morgan fingerprint density at radius 1 is 1.33 bits per heavy atom. The van der Waals surface area contributed by atoms with E-state index in [4.69, 9.17) is 0 Å². The van der Waals surface area contributed by atoms with Crippen LogP contribution in [0.4, 0.5) is 8.78 Å². The van der Waals surface area contributed by atoms with Crippen LogP contribution in [-0.2, 0) is 12.8 Å². The van der Waals surface area contributed by atoms with Crippen LogP contribution in [-0.4, -0.2) is 32.9 Å². The van der Waals surface area contributed by atoms with Gasteiger partial charge >= 0.3 is 0 Å². The molecule has 5 nitrogen and oxygen atoms in total. The van der Waals surface area contributed by atoms with Gasteiger partial charge in [0.1, 0.15) is 0 Å². The van der Waals surface area contributed by atoms with E-state index in [1.807, 2.05) is 0 Å². The molecule has 2 aromatic rings. The molecule has 0 atom stereocenters. The Hall–Kier alpha value is -2.28. The highest BCUT2D eigenvalue weighted by molar-refractivity contribution is 5.94. The highest BCUT2D eigenvalue weighted by Crippen LogP contribution is 2.28. The van der Waals surface area contributed by atoms with E-state index in [0.717, 1.165) is 36.2 Å². The Kier molecular flexibility index (Phi) is 4.13. The van der Waals surface area contributed by atoms with Crippen LogP contribution in [0.25, 0.3) is 5.69 Å². The number of fused-ring (bicyclic) bond motifs is 1. The van der Waals surface area contributed by atoms with Crippen molar-refractivity contribution in [2.75, 3.05) is 6.61 Å². The second kappa shape index (κ2) is 5.98. The van der Waals surface area contributed by atoms with Crippen molar-refractivity contribution in [3.8, 4) is 5.69 Å². The summed E-state index contributed by atoms with van der Waals surface area (Å²) in [5.74, 6) is -2.26. The molecule has 0 bridgehead atoms. The fourth-order valence-corrected chi connectivity index (χ4v) is 2.86. The lowest BCUT2D eigenvalue weighted by Gasteiger charge is -2.22. The predicted octanol–water partition coefficient (Wildman–Crippen LogP) is 2.14. The molecule has 1 aliphatic carbocycles. The molecule has 1 aromatic heterocycles. The molecule has 1 amide bonds. The second-order valence-electron chi connectivity index (χ2n) is 6.63. The van der Waals surface area contributed by atoms with Crippen LogP contribution >= 0.6 is 0 Å². The molecule has 24 heavy (non-hydrogen) atoms. The van der Waals surface area contributed by atoms with Gasteiger partial charge in [-0.25, -0.2) is 13.5 Å². The normalized spacial score (nSPS) is 13.9. The molecule has 1 heterocycles. The average Bonchev–Trinajstić information content (AvgIpc) is 3.11. The Bertz CT molecular complexity index is 799. The number of aliphatic hydroxyl groups is 1. The number of hydrogen-bond acceptors (Lipinski definition) is 3. The maximum Gasteiger partial charge on any atom is 0.272 e. The van der Waals surface area contributed by atoms with Crippen molar-refractivity contribution in [2.45, 2.75) is 38.6 Å². The summed E-state index contributed by atoms with van der Waals surface area (Å²) >= 11 is 0. The first-order valence-electron chi connectivity index (χ1n) is 7.82. The fraction of sp³-hybridized carbons (Fsp3) is 0.412. The van der Waals surface area contributed by atoms with Gasteiger partial charge in [-0.3, -0.25) is 4.79 Å². The number of amides is 1. The number of aromatic nitrogens is 2. The van der Waals surface area contributed by atoms with Crippen LogP contribution in [0.15, 0.2) is 18.2 Å². The number of benzene rings is 1. The number of halogens is 2. The number of nitrogens with zero attached hydrogens (tertiary/aromatic N) is 2. The zero-order valence-electron chi connectivity index (χ0n) is 13.6. The Balaban J connectivity index is 2.01. The molecule has 1 aliphatic rings. The van der Waals surface area contributed by atoms with Gasteiger partial charge in [-0.15, -0.1) is 0 Å². The van der Waals surface area contributed by atoms with Gasteiger partial charge in [-0.2, -0.15) is 5.10 Å². The standard InChI is InChI=1S/C17H19F2N3O2/c1-17(2,9-23)20-16(24)15-11-4-3-5-14(11)22(21-15)10-6-7-12(18)13(19)8-10/h6-8,23H,3-5,9H2,1-2H3,(H,20,24). The van der Waals surface area contributed by atoms with Crippen LogP contribution in [0.5, 0.6) is 0 Å². The summed E-state index contributed by atoms with van der Waals surface area (Å²) in [7, 11) is 0. The molecule has 2 N–H and O–H groups in total. The molecule has 0 spiro atoms. The summed E-state index contributed by atoms with van der Waals surface area (Å²) in [5.41, 5.74) is 1.55. The quantitative estimate of drug-likeness (QED) is 0.900. The molecular formula is C17H19F2N3O2. The van der Waals surface area contributed by atoms with Crippen LogP contribution in [0, 0.1) is 11.6 Å². The minimum Gasteiger partial charge on any atom is -0.394 e. The predicted molar refractivity (Wildman–Crippen MR) is 84.1 cm³/mol. The van der Waals surface area contributed by atoms with Gasteiger partial charge in [0, 0.05) is 17.3 Å². The van der Waals surface area contributed by atoms with E-state index in [1.54, 1.807) is 13.8 Å². The average molecular weight is 335 g/mol. The van der Waals surface area contributed by atoms with Crippen molar-refractivity contribution in [1.82, 2.24) is 15.1 Å². The van der Waals surface area contributed by atoms with Crippen LogP contribution in [0.1, 0.15) is 42.0 Å². The van der Waals surface area contributed by atoms with Crippen LogP contribution in [0.3, 0.4) is 0 Å². The van der Waals surface area contributed by atoms with Gasteiger partial charge in [0.15, 0.2) is 17.3 Å². The van der Waals surface area contributed by atoms with Gasteiger partial charge in [0.05, 0.1) is 17.8 Å². The molecule has 3 rings (SSSR count). The van der Waals surface area contributed by atoms with E-state index in [-0.39, 0.29) is 18.2 Å². The Morgan fingerprint density at radius 2 is 2.08 bits per heavy atom. The highest BCUT2D eigenvalue weighted by atomic mass is 19.2. The number of hydrogen-bond donors (Lipinski definition) is 2. The maximum atomic E-state index is 13.5. The number of nitrogens with one attached hydrogen (secondary N) is 1. The lowest BCUT2D eigenvalue weighted by atomic mass is 10.1. The molecule has 0 aliphatic heterocycles. The number of carbonyl (C=O) groups is 1. The third-order valence-corrected chi connectivity index (χ3v) is 4.14. The van der Waals surface area contributed by atoms with E-state index in [9.17, 15) is 18.7 Å². The number of rotatable bonds is 4. The zero-order chi connectivity index (χ0) is 17.5. The van der Waals surface area contributed by atoms with E-state index < -0.39 is 17.2 Å². The van der Waals surface area contributed by atoms with E-state index >= 15 is 0 Å². The fourth-order valence-electron chi connectivity index (χ4n) is 2.86. The molecule has 128 valence electrons. The molecule has 0 saturated heterocycles. The van der Waals surface area contributed by atoms with E-state index in [2.05, 4.69) is 10.4 Å². The first kappa shape index (κ1) is 16.6. The largest absolute Gasteiger partial charge is 0.394 e. The van der Waals surface area contributed by atoms with Gasteiger partial charge in [-0.05, 0) is 45.2 Å². The first-order chi connectivity index (χ1) is 11.3. The number of carbonyl (C=O) groups excluding carboxylic acids is 1. The SMILES string of the molecule is CC(C)(CO)NC(=O)c1nn(-c2ccc(F)c(F)c2)c2c1CCC2. The smallest absolute Gasteiger partial charge is 0.272 e. The third-order valence-electron chi connectivity index (χ3n) is 4.14. The van der Waals surface area contributed by atoms with Gasteiger partial charge in [0.2, 0.25) is 0 Å². The Labute approximate surface area is 138 Å². The van der Waals surface area contributed by atoms with Crippen LogP contribution in [0.2, 0.25) is 0 Å². The summed E-state index contributed by atoms with van der Waals surface area (Å²) < 4.78 is 28.2. The zero-order valence-corrected chi connectivity index (χ0v) is 13.6. The summed E-state index contributed by atoms with van der Waals surface area (Å²) in [5, 5.41) is 16.4. The summed E-state index contributed by atoms with van der Waals surface area (Å²) in [6.07, 6.45) is 2.31.